The molecular weight excluding hydrogens is 226 g/mol. The van der Waals surface area contributed by atoms with Crippen molar-refractivity contribution in [3.8, 4) is 17.2 Å². The molecule has 0 radical (unpaired) electrons. The first-order chi connectivity index (χ1) is 8.20. The summed E-state index contributed by atoms with van der Waals surface area (Å²) in [5.74, 6) is 1.78. The molecule has 0 aliphatic carbocycles. The van der Waals surface area contributed by atoms with Gasteiger partial charge in [0.15, 0.2) is 11.5 Å². The Morgan fingerprint density at radius 3 is 2.88 bits per heavy atom. The van der Waals surface area contributed by atoms with Gasteiger partial charge in [-0.3, -0.25) is 0 Å². The van der Waals surface area contributed by atoms with E-state index in [9.17, 15) is 4.79 Å². The van der Waals surface area contributed by atoms with E-state index < -0.39 is 6.03 Å². The second-order valence-corrected chi connectivity index (χ2v) is 3.18. The van der Waals surface area contributed by atoms with Crippen LogP contribution in [0, 0.1) is 0 Å². The molecule has 1 aliphatic rings. The van der Waals surface area contributed by atoms with Crippen molar-refractivity contribution in [1.82, 2.24) is 5.43 Å². The number of benzene rings is 1. The molecule has 1 aliphatic heterocycles. The van der Waals surface area contributed by atoms with Crippen molar-refractivity contribution < 1.29 is 19.0 Å². The van der Waals surface area contributed by atoms with Crippen molar-refractivity contribution in [2.45, 2.75) is 0 Å². The van der Waals surface area contributed by atoms with Gasteiger partial charge < -0.3 is 19.9 Å². The molecule has 0 bridgehead atoms. The van der Waals surface area contributed by atoms with Crippen molar-refractivity contribution in [1.29, 1.82) is 0 Å². The van der Waals surface area contributed by atoms with E-state index in [1.54, 1.807) is 12.1 Å². The molecule has 3 N–H and O–H groups in total. The minimum Gasteiger partial charge on any atom is -0.496 e. The van der Waals surface area contributed by atoms with Gasteiger partial charge in [-0.2, -0.15) is 5.10 Å². The molecule has 2 amide bonds. The van der Waals surface area contributed by atoms with Crippen LogP contribution in [0.5, 0.6) is 17.2 Å². The predicted molar refractivity (Wildman–Crippen MR) is 59.4 cm³/mol. The number of nitrogens with two attached hydrogens (primary N) is 1. The SMILES string of the molecule is COc1cc2c(cc1C=NNC(N)=O)OCO2. The summed E-state index contributed by atoms with van der Waals surface area (Å²) in [5.41, 5.74) is 7.62. The summed E-state index contributed by atoms with van der Waals surface area (Å²) in [5, 5.41) is 3.65. The molecule has 0 atom stereocenters. The highest BCUT2D eigenvalue weighted by atomic mass is 16.7. The van der Waals surface area contributed by atoms with Gasteiger partial charge in [0.2, 0.25) is 6.79 Å². The third kappa shape index (κ3) is 2.39. The van der Waals surface area contributed by atoms with Gasteiger partial charge in [-0.25, -0.2) is 10.2 Å². The lowest BCUT2D eigenvalue weighted by Gasteiger charge is -2.05. The lowest BCUT2D eigenvalue weighted by molar-refractivity contribution is 0.174. The third-order valence-electron chi connectivity index (χ3n) is 2.10. The highest BCUT2D eigenvalue weighted by molar-refractivity contribution is 5.86. The van der Waals surface area contributed by atoms with Crippen LogP contribution in [0.1, 0.15) is 5.56 Å². The molecule has 7 heteroatoms. The van der Waals surface area contributed by atoms with E-state index in [-0.39, 0.29) is 6.79 Å². The van der Waals surface area contributed by atoms with Crippen molar-refractivity contribution >= 4 is 12.2 Å². The van der Waals surface area contributed by atoms with Gasteiger partial charge >= 0.3 is 6.03 Å². The fourth-order valence-corrected chi connectivity index (χ4v) is 1.38. The van der Waals surface area contributed by atoms with Crippen molar-refractivity contribution in [3.05, 3.63) is 17.7 Å². The summed E-state index contributed by atoms with van der Waals surface area (Å²) in [7, 11) is 1.52. The molecule has 0 saturated carbocycles. The fraction of sp³-hybridized carbons (Fsp3) is 0.200. The predicted octanol–water partition coefficient (Wildman–Crippen LogP) is 0.426. The number of carbonyl (C=O) groups excluding carboxylic acids is 1. The number of fused-ring (bicyclic) bond motifs is 1. The van der Waals surface area contributed by atoms with Crippen LogP contribution in [0.4, 0.5) is 4.79 Å². The molecule has 90 valence electrons. The Hall–Kier alpha value is -2.44. The smallest absolute Gasteiger partial charge is 0.332 e. The Morgan fingerprint density at radius 1 is 1.53 bits per heavy atom. The number of nitrogens with zero attached hydrogens (tertiary/aromatic N) is 1. The molecule has 0 saturated heterocycles. The van der Waals surface area contributed by atoms with E-state index in [0.29, 0.717) is 22.8 Å². The number of primary amides is 1. The molecule has 1 aromatic rings. The average Bonchev–Trinajstić information content (AvgIpc) is 2.74. The normalized spacial score (nSPS) is 12.8. The zero-order valence-corrected chi connectivity index (χ0v) is 9.10. The lowest BCUT2D eigenvalue weighted by Crippen LogP contribution is -2.24. The summed E-state index contributed by atoms with van der Waals surface area (Å²) < 4.78 is 15.6. The summed E-state index contributed by atoms with van der Waals surface area (Å²) in [4.78, 5) is 10.5. The fourth-order valence-electron chi connectivity index (χ4n) is 1.38. The largest absolute Gasteiger partial charge is 0.496 e. The van der Waals surface area contributed by atoms with Crippen LogP contribution in [0.15, 0.2) is 17.2 Å². The number of methoxy groups -OCH3 is 1. The standard InChI is InChI=1S/C10H11N3O4/c1-15-7-3-9-8(16-5-17-9)2-6(7)4-12-13-10(11)14/h2-4H,5H2,1H3,(H3,11,13,14). The molecule has 0 spiro atoms. The molecule has 17 heavy (non-hydrogen) atoms. The average molecular weight is 237 g/mol. The van der Waals surface area contributed by atoms with Gasteiger partial charge in [0.1, 0.15) is 5.75 Å². The Morgan fingerprint density at radius 2 is 2.24 bits per heavy atom. The number of nitrogens with one attached hydrogen (secondary N) is 1. The van der Waals surface area contributed by atoms with Crippen LogP contribution >= 0.6 is 0 Å². The molecule has 0 aromatic heterocycles. The molecule has 1 aromatic carbocycles. The summed E-state index contributed by atoms with van der Waals surface area (Å²) in [6, 6.07) is 2.65. The highest BCUT2D eigenvalue weighted by Gasteiger charge is 2.16. The van der Waals surface area contributed by atoms with Crippen molar-refractivity contribution in [3.63, 3.8) is 0 Å². The van der Waals surface area contributed by atoms with E-state index in [1.807, 2.05) is 0 Å². The Bertz CT molecular complexity index is 473. The van der Waals surface area contributed by atoms with Gasteiger partial charge in [0.05, 0.1) is 13.3 Å². The Balaban J connectivity index is 2.26. The Labute approximate surface area is 97.1 Å². The number of urea groups is 1. The summed E-state index contributed by atoms with van der Waals surface area (Å²) >= 11 is 0. The number of amides is 2. The quantitative estimate of drug-likeness (QED) is 0.588. The molecule has 7 nitrogen and oxygen atoms in total. The molecule has 1 heterocycles. The van der Waals surface area contributed by atoms with Gasteiger partial charge in [0.25, 0.3) is 0 Å². The van der Waals surface area contributed by atoms with Crippen LogP contribution < -0.4 is 25.4 Å². The number of hydrogen-bond donors (Lipinski definition) is 2. The maximum atomic E-state index is 10.5. The van der Waals surface area contributed by atoms with E-state index in [4.69, 9.17) is 19.9 Å². The maximum Gasteiger partial charge on any atom is 0.332 e. The van der Waals surface area contributed by atoms with Crippen molar-refractivity contribution in [2.24, 2.45) is 10.8 Å². The Kier molecular flexibility index (Phi) is 2.99. The van der Waals surface area contributed by atoms with Gasteiger partial charge in [-0.05, 0) is 6.07 Å². The minimum atomic E-state index is -0.735. The molecule has 2 rings (SSSR count). The first kappa shape index (κ1) is 11.1. The van der Waals surface area contributed by atoms with Crippen LogP contribution in [-0.2, 0) is 0 Å². The van der Waals surface area contributed by atoms with E-state index >= 15 is 0 Å². The van der Waals surface area contributed by atoms with Crippen molar-refractivity contribution in [2.75, 3.05) is 13.9 Å². The number of hydrazone groups is 1. The van der Waals surface area contributed by atoms with E-state index in [0.717, 1.165) is 0 Å². The number of ether oxygens (including phenoxy) is 3. The van der Waals surface area contributed by atoms with Gasteiger partial charge in [-0.15, -0.1) is 0 Å². The summed E-state index contributed by atoms with van der Waals surface area (Å²) in [6.45, 7) is 0.179. The van der Waals surface area contributed by atoms with E-state index in [2.05, 4.69) is 10.5 Å². The first-order valence-electron chi connectivity index (χ1n) is 4.77. The second-order valence-electron chi connectivity index (χ2n) is 3.18. The maximum absolute atomic E-state index is 10.5. The lowest BCUT2D eigenvalue weighted by atomic mass is 10.2. The zero-order valence-electron chi connectivity index (χ0n) is 9.10. The van der Waals surface area contributed by atoms with E-state index in [1.165, 1.54) is 13.3 Å². The highest BCUT2D eigenvalue weighted by Crippen LogP contribution is 2.37. The molecule has 0 unspecified atom stereocenters. The first-order valence-corrected chi connectivity index (χ1v) is 4.77. The number of hydrogen-bond acceptors (Lipinski definition) is 5. The monoisotopic (exact) mass is 237 g/mol. The van der Waals surface area contributed by atoms with Crippen LogP contribution in [0.3, 0.4) is 0 Å². The molecule has 0 fully saturated rings. The topological polar surface area (TPSA) is 95.2 Å². The van der Waals surface area contributed by atoms with Gasteiger partial charge in [-0.1, -0.05) is 0 Å². The number of carbonyl (C=O) groups is 1. The van der Waals surface area contributed by atoms with Gasteiger partial charge in [0, 0.05) is 11.6 Å². The molecular formula is C10H11N3O4. The van der Waals surface area contributed by atoms with Crippen LogP contribution in [-0.4, -0.2) is 26.1 Å². The minimum absolute atomic E-state index is 0.179. The zero-order chi connectivity index (χ0) is 12.3. The third-order valence-corrected chi connectivity index (χ3v) is 2.10. The second kappa shape index (κ2) is 4.60. The van der Waals surface area contributed by atoms with Crippen LogP contribution in [0.25, 0.3) is 0 Å². The van der Waals surface area contributed by atoms with Crippen LogP contribution in [0.2, 0.25) is 0 Å². The number of rotatable bonds is 3. The summed E-state index contributed by atoms with van der Waals surface area (Å²) in [6.07, 6.45) is 1.41.